The van der Waals surface area contributed by atoms with E-state index in [1.54, 1.807) is 0 Å². The molecule has 2 heterocycles. The first-order chi connectivity index (χ1) is 9.90. The third-order valence-corrected chi connectivity index (χ3v) is 4.61. The van der Waals surface area contributed by atoms with Crippen LogP contribution in [-0.4, -0.2) is 37.4 Å². The predicted octanol–water partition coefficient (Wildman–Crippen LogP) is 1.99. The van der Waals surface area contributed by atoms with Gasteiger partial charge in [0, 0.05) is 24.7 Å². The summed E-state index contributed by atoms with van der Waals surface area (Å²) in [6.07, 6.45) is 4.19. The van der Waals surface area contributed by atoms with E-state index in [0.29, 0.717) is 6.79 Å². The van der Waals surface area contributed by atoms with E-state index in [1.165, 1.54) is 37.9 Å². The maximum absolute atomic E-state index is 5.54. The Morgan fingerprint density at radius 2 is 2.15 bits per heavy atom. The zero-order valence-electron chi connectivity index (χ0n) is 11.8. The van der Waals surface area contributed by atoms with Crippen LogP contribution in [0.4, 0.5) is 0 Å². The van der Waals surface area contributed by atoms with E-state index in [1.807, 2.05) is 12.1 Å². The number of rotatable bonds is 5. The molecule has 2 aliphatic heterocycles. The predicted molar refractivity (Wildman–Crippen MR) is 77.0 cm³/mol. The molecule has 1 atom stereocenters. The lowest BCUT2D eigenvalue weighted by molar-refractivity contribution is 0.173. The molecule has 1 aliphatic carbocycles. The standard InChI is InChI=1S/C16H22N2O2/c1-2-13(16-15(3-1)19-11-20-16)9-17-8-12-6-7-18(10-12)14-4-5-14/h1-3,12,14,17H,4-11H2/t12-/m0/s1. The SMILES string of the molecule is c1cc(CNC[C@@H]2CCN(C3CC3)C2)c2c(c1)OCO2. The van der Waals surface area contributed by atoms with Crippen LogP contribution in [-0.2, 0) is 6.54 Å². The topological polar surface area (TPSA) is 33.7 Å². The molecule has 3 aliphatic rings. The van der Waals surface area contributed by atoms with Crippen LogP contribution in [0.3, 0.4) is 0 Å². The summed E-state index contributed by atoms with van der Waals surface area (Å²) in [6.45, 7) is 4.91. The van der Waals surface area contributed by atoms with Gasteiger partial charge >= 0.3 is 0 Å². The smallest absolute Gasteiger partial charge is 0.231 e. The van der Waals surface area contributed by atoms with Crippen molar-refractivity contribution in [3.63, 3.8) is 0 Å². The third-order valence-electron chi connectivity index (χ3n) is 4.61. The summed E-state index contributed by atoms with van der Waals surface area (Å²) in [7, 11) is 0. The van der Waals surface area contributed by atoms with Gasteiger partial charge in [-0.05, 0) is 44.3 Å². The second kappa shape index (κ2) is 5.26. The lowest BCUT2D eigenvalue weighted by Crippen LogP contribution is -2.27. The van der Waals surface area contributed by atoms with Gasteiger partial charge in [-0.15, -0.1) is 0 Å². The van der Waals surface area contributed by atoms with Crippen molar-refractivity contribution in [3.8, 4) is 11.5 Å². The van der Waals surface area contributed by atoms with Gasteiger partial charge in [-0.1, -0.05) is 12.1 Å². The van der Waals surface area contributed by atoms with Crippen molar-refractivity contribution in [2.24, 2.45) is 5.92 Å². The van der Waals surface area contributed by atoms with Gasteiger partial charge < -0.3 is 19.7 Å². The summed E-state index contributed by atoms with van der Waals surface area (Å²) < 4.78 is 10.9. The Hall–Kier alpha value is -1.26. The molecule has 0 radical (unpaired) electrons. The molecule has 1 aromatic rings. The fraction of sp³-hybridized carbons (Fsp3) is 0.625. The van der Waals surface area contributed by atoms with Crippen molar-refractivity contribution in [1.29, 1.82) is 0 Å². The summed E-state index contributed by atoms with van der Waals surface area (Å²) >= 11 is 0. The van der Waals surface area contributed by atoms with Gasteiger partial charge in [0.15, 0.2) is 11.5 Å². The first-order valence-electron chi connectivity index (χ1n) is 7.72. The van der Waals surface area contributed by atoms with Gasteiger partial charge in [0.25, 0.3) is 0 Å². The second-order valence-corrected chi connectivity index (χ2v) is 6.16. The Bertz CT molecular complexity index is 487. The Morgan fingerprint density at radius 3 is 3.05 bits per heavy atom. The molecular formula is C16H22N2O2. The minimum Gasteiger partial charge on any atom is -0.454 e. The summed E-state index contributed by atoms with van der Waals surface area (Å²) in [5.74, 6) is 2.61. The summed E-state index contributed by atoms with van der Waals surface area (Å²) in [5, 5.41) is 3.59. The molecule has 1 saturated carbocycles. The van der Waals surface area contributed by atoms with Crippen LogP contribution in [0, 0.1) is 5.92 Å². The summed E-state index contributed by atoms with van der Waals surface area (Å²) in [4.78, 5) is 2.67. The van der Waals surface area contributed by atoms with E-state index in [-0.39, 0.29) is 0 Å². The number of hydrogen-bond acceptors (Lipinski definition) is 4. The van der Waals surface area contributed by atoms with Gasteiger partial charge in [0.05, 0.1) is 0 Å². The molecule has 0 spiro atoms. The summed E-state index contributed by atoms with van der Waals surface area (Å²) in [5.41, 5.74) is 1.21. The molecule has 0 aromatic heterocycles. The Balaban J connectivity index is 1.28. The van der Waals surface area contributed by atoms with Crippen molar-refractivity contribution in [2.45, 2.75) is 31.8 Å². The Kier molecular flexibility index (Phi) is 3.28. The quantitative estimate of drug-likeness (QED) is 0.890. The first-order valence-corrected chi connectivity index (χ1v) is 7.72. The third kappa shape index (κ3) is 2.50. The number of hydrogen-bond donors (Lipinski definition) is 1. The highest BCUT2D eigenvalue weighted by molar-refractivity contribution is 5.48. The van der Waals surface area contributed by atoms with Crippen molar-refractivity contribution < 1.29 is 9.47 Å². The van der Waals surface area contributed by atoms with Crippen molar-refractivity contribution in [2.75, 3.05) is 26.4 Å². The van der Waals surface area contributed by atoms with Crippen LogP contribution in [0.5, 0.6) is 11.5 Å². The molecule has 2 fully saturated rings. The van der Waals surface area contributed by atoms with Crippen LogP contribution >= 0.6 is 0 Å². The number of likely N-dealkylation sites (tertiary alicyclic amines) is 1. The molecule has 1 saturated heterocycles. The van der Waals surface area contributed by atoms with E-state index in [2.05, 4.69) is 16.3 Å². The minimum atomic E-state index is 0.353. The zero-order valence-corrected chi connectivity index (χ0v) is 11.8. The van der Waals surface area contributed by atoms with E-state index in [4.69, 9.17) is 9.47 Å². The Labute approximate surface area is 120 Å². The van der Waals surface area contributed by atoms with E-state index >= 15 is 0 Å². The number of nitrogens with zero attached hydrogens (tertiary/aromatic N) is 1. The van der Waals surface area contributed by atoms with Gasteiger partial charge in [0.2, 0.25) is 6.79 Å². The molecule has 4 rings (SSSR count). The van der Waals surface area contributed by atoms with Crippen LogP contribution in [0.2, 0.25) is 0 Å². The normalized spacial score (nSPS) is 25.3. The van der Waals surface area contributed by atoms with Crippen molar-refractivity contribution in [3.05, 3.63) is 23.8 Å². The summed E-state index contributed by atoms with van der Waals surface area (Å²) in [6, 6.07) is 7.04. The zero-order chi connectivity index (χ0) is 13.4. The average Bonchev–Trinajstić information content (AvgIpc) is 3.01. The molecule has 0 bridgehead atoms. The Morgan fingerprint density at radius 1 is 1.20 bits per heavy atom. The number of fused-ring (bicyclic) bond motifs is 1. The van der Waals surface area contributed by atoms with Crippen LogP contribution in [0.1, 0.15) is 24.8 Å². The van der Waals surface area contributed by atoms with Gasteiger partial charge in [-0.3, -0.25) is 0 Å². The second-order valence-electron chi connectivity index (χ2n) is 6.16. The molecule has 0 amide bonds. The molecule has 1 aromatic carbocycles. The van der Waals surface area contributed by atoms with Crippen molar-refractivity contribution in [1.82, 2.24) is 10.2 Å². The monoisotopic (exact) mass is 274 g/mol. The molecule has 0 unspecified atom stereocenters. The fourth-order valence-corrected chi connectivity index (χ4v) is 3.34. The molecule has 108 valence electrons. The first kappa shape index (κ1) is 12.5. The van der Waals surface area contributed by atoms with E-state index in [0.717, 1.165) is 36.5 Å². The molecule has 20 heavy (non-hydrogen) atoms. The number of nitrogens with one attached hydrogen (secondary N) is 1. The number of ether oxygens (including phenoxy) is 2. The minimum absolute atomic E-state index is 0.353. The van der Waals surface area contributed by atoms with Crippen molar-refractivity contribution >= 4 is 0 Å². The van der Waals surface area contributed by atoms with Gasteiger partial charge in [-0.2, -0.15) is 0 Å². The van der Waals surface area contributed by atoms with Gasteiger partial charge in [-0.25, -0.2) is 0 Å². The maximum Gasteiger partial charge on any atom is 0.231 e. The van der Waals surface area contributed by atoms with Crippen LogP contribution < -0.4 is 14.8 Å². The molecular weight excluding hydrogens is 252 g/mol. The average molecular weight is 274 g/mol. The largest absolute Gasteiger partial charge is 0.454 e. The molecule has 4 heteroatoms. The maximum atomic E-state index is 5.54. The number of benzene rings is 1. The fourth-order valence-electron chi connectivity index (χ4n) is 3.34. The highest BCUT2D eigenvalue weighted by atomic mass is 16.7. The highest BCUT2D eigenvalue weighted by Crippen LogP contribution is 2.35. The van der Waals surface area contributed by atoms with E-state index in [9.17, 15) is 0 Å². The highest BCUT2D eigenvalue weighted by Gasteiger charge is 2.34. The molecule has 4 nitrogen and oxygen atoms in total. The molecule has 1 N–H and O–H groups in total. The number of para-hydroxylation sites is 1. The lowest BCUT2D eigenvalue weighted by atomic mass is 10.1. The van der Waals surface area contributed by atoms with E-state index < -0.39 is 0 Å². The van der Waals surface area contributed by atoms with Crippen LogP contribution in [0.15, 0.2) is 18.2 Å². The van der Waals surface area contributed by atoms with Crippen LogP contribution in [0.25, 0.3) is 0 Å². The lowest BCUT2D eigenvalue weighted by Gasteiger charge is -2.15. The van der Waals surface area contributed by atoms with Gasteiger partial charge in [0.1, 0.15) is 0 Å².